The molecule has 96 valence electrons. The zero-order chi connectivity index (χ0) is 13.1. The van der Waals surface area contributed by atoms with Crippen LogP contribution in [0.15, 0.2) is 18.2 Å². The lowest BCUT2D eigenvalue weighted by molar-refractivity contribution is -0.140. The molecule has 1 unspecified atom stereocenters. The average Bonchev–Trinajstić information content (AvgIpc) is 2.20. The molecule has 0 radical (unpaired) electrons. The Hall–Kier alpha value is -0.850. The van der Waals surface area contributed by atoms with Crippen LogP contribution in [0.3, 0.4) is 0 Å². The van der Waals surface area contributed by atoms with Gasteiger partial charge in [0.05, 0.1) is 6.42 Å². The number of benzene rings is 1. The first-order chi connectivity index (χ1) is 7.83. The summed E-state index contributed by atoms with van der Waals surface area (Å²) in [7, 11) is 0. The van der Waals surface area contributed by atoms with E-state index in [0.29, 0.717) is 0 Å². The van der Waals surface area contributed by atoms with Crippen LogP contribution in [0, 0.1) is 5.82 Å². The maximum absolute atomic E-state index is 13.3. The van der Waals surface area contributed by atoms with Gasteiger partial charge >= 0.3 is 6.18 Å². The van der Waals surface area contributed by atoms with E-state index in [1.165, 1.54) is 12.1 Å². The monoisotopic (exact) mass is 270 g/mol. The van der Waals surface area contributed by atoms with Crippen LogP contribution in [0.1, 0.15) is 12.0 Å². The lowest BCUT2D eigenvalue weighted by atomic mass is 10.0. The molecule has 0 aliphatic heterocycles. The molecule has 3 N–H and O–H groups in total. The SMILES string of the molecule is NNC(Cc1c(F)cccc1Cl)CC(F)(F)F. The van der Waals surface area contributed by atoms with Gasteiger partial charge in [0.25, 0.3) is 0 Å². The summed E-state index contributed by atoms with van der Waals surface area (Å²) < 4.78 is 49.9. The molecule has 1 rings (SSSR count). The lowest BCUT2D eigenvalue weighted by Gasteiger charge is -2.18. The third-order valence-corrected chi connectivity index (χ3v) is 2.58. The van der Waals surface area contributed by atoms with E-state index in [4.69, 9.17) is 17.4 Å². The summed E-state index contributed by atoms with van der Waals surface area (Å²) in [6.07, 6.45) is -5.73. The Morgan fingerprint density at radius 2 is 2.00 bits per heavy atom. The lowest BCUT2D eigenvalue weighted by Crippen LogP contribution is -2.40. The van der Waals surface area contributed by atoms with Crippen LogP contribution in [0.2, 0.25) is 5.02 Å². The molecule has 0 bridgehead atoms. The first-order valence-corrected chi connectivity index (χ1v) is 5.17. The topological polar surface area (TPSA) is 38.0 Å². The Balaban J connectivity index is 2.81. The summed E-state index contributed by atoms with van der Waals surface area (Å²) in [4.78, 5) is 0. The fourth-order valence-electron chi connectivity index (χ4n) is 1.44. The van der Waals surface area contributed by atoms with Gasteiger partial charge in [-0.15, -0.1) is 0 Å². The zero-order valence-electron chi connectivity index (χ0n) is 8.69. The van der Waals surface area contributed by atoms with E-state index in [1.807, 2.05) is 5.43 Å². The molecule has 0 saturated heterocycles. The highest BCUT2D eigenvalue weighted by Crippen LogP contribution is 2.26. The summed E-state index contributed by atoms with van der Waals surface area (Å²) in [5.41, 5.74) is 2.05. The van der Waals surface area contributed by atoms with Crippen molar-refractivity contribution in [2.75, 3.05) is 0 Å². The largest absolute Gasteiger partial charge is 0.390 e. The molecule has 1 atom stereocenters. The zero-order valence-corrected chi connectivity index (χ0v) is 9.45. The van der Waals surface area contributed by atoms with Crippen LogP contribution >= 0.6 is 11.6 Å². The second-order valence-electron chi connectivity index (χ2n) is 3.59. The Morgan fingerprint density at radius 1 is 1.35 bits per heavy atom. The fourth-order valence-corrected chi connectivity index (χ4v) is 1.68. The normalized spacial score (nSPS) is 13.8. The van der Waals surface area contributed by atoms with Crippen LogP contribution < -0.4 is 11.3 Å². The predicted octanol–water partition coefficient (Wildman–Crippen LogP) is 2.81. The van der Waals surface area contributed by atoms with Crippen LogP contribution in [0.25, 0.3) is 0 Å². The summed E-state index contributed by atoms with van der Waals surface area (Å²) >= 11 is 5.71. The van der Waals surface area contributed by atoms with Crippen LogP contribution in [0.5, 0.6) is 0 Å². The van der Waals surface area contributed by atoms with Crippen molar-refractivity contribution in [2.24, 2.45) is 5.84 Å². The molecule has 0 aromatic heterocycles. The molecular formula is C10H11ClF4N2. The van der Waals surface area contributed by atoms with Crippen LogP contribution in [-0.4, -0.2) is 12.2 Å². The highest BCUT2D eigenvalue weighted by Gasteiger charge is 2.32. The molecule has 0 aliphatic rings. The van der Waals surface area contributed by atoms with E-state index < -0.39 is 24.5 Å². The second kappa shape index (κ2) is 5.66. The smallest absolute Gasteiger partial charge is 0.271 e. The van der Waals surface area contributed by atoms with Gasteiger partial charge < -0.3 is 0 Å². The van der Waals surface area contributed by atoms with Crippen molar-refractivity contribution in [3.63, 3.8) is 0 Å². The van der Waals surface area contributed by atoms with Gasteiger partial charge in [-0.3, -0.25) is 11.3 Å². The quantitative estimate of drug-likeness (QED) is 0.502. The van der Waals surface area contributed by atoms with Gasteiger partial charge in [-0.1, -0.05) is 17.7 Å². The van der Waals surface area contributed by atoms with E-state index in [1.54, 1.807) is 0 Å². The number of alkyl halides is 3. The number of nitrogens with one attached hydrogen (secondary N) is 1. The van der Waals surface area contributed by atoms with E-state index in [-0.39, 0.29) is 17.0 Å². The third kappa shape index (κ3) is 4.49. The van der Waals surface area contributed by atoms with E-state index in [9.17, 15) is 17.6 Å². The molecule has 0 fully saturated rings. The molecule has 0 amide bonds. The number of hydrogen-bond donors (Lipinski definition) is 2. The molecule has 1 aromatic carbocycles. The Bertz CT molecular complexity index is 361. The predicted molar refractivity (Wildman–Crippen MR) is 56.9 cm³/mol. The molecule has 7 heteroatoms. The van der Waals surface area contributed by atoms with Crippen molar-refractivity contribution < 1.29 is 17.6 Å². The number of rotatable bonds is 4. The summed E-state index contributed by atoms with van der Waals surface area (Å²) in [5, 5.41) is 0.0902. The second-order valence-corrected chi connectivity index (χ2v) is 3.99. The molecule has 17 heavy (non-hydrogen) atoms. The van der Waals surface area contributed by atoms with Gasteiger partial charge in [-0.2, -0.15) is 13.2 Å². The van der Waals surface area contributed by atoms with Gasteiger partial charge in [0.2, 0.25) is 0 Å². The summed E-state index contributed by atoms with van der Waals surface area (Å²) in [5.74, 6) is 4.37. The van der Waals surface area contributed by atoms with Crippen LogP contribution in [0.4, 0.5) is 17.6 Å². The van der Waals surface area contributed by atoms with Crippen molar-refractivity contribution in [1.29, 1.82) is 0 Å². The minimum atomic E-state index is -4.37. The van der Waals surface area contributed by atoms with Gasteiger partial charge in [0.15, 0.2) is 0 Å². The van der Waals surface area contributed by atoms with Crippen molar-refractivity contribution in [2.45, 2.75) is 25.1 Å². The molecule has 0 spiro atoms. The van der Waals surface area contributed by atoms with Gasteiger partial charge in [0.1, 0.15) is 5.82 Å². The standard InChI is InChI=1S/C10H11ClF4N2/c11-8-2-1-3-9(12)7(8)4-6(17-16)5-10(13,14)15/h1-3,6,17H,4-5,16H2. The Labute approximate surface area is 101 Å². The minimum absolute atomic E-state index is 0.0290. The van der Waals surface area contributed by atoms with Crippen molar-refractivity contribution in [1.82, 2.24) is 5.43 Å². The van der Waals surface area contributed by atoms with Crippen molar-refractivity contribution in [3.8, 4) is 0 Å². The fraction of sp³-hybridized carbons (Fsp3) is 0.400. The van der Waals surface area contributed by atoms with Crippen molar-refractivity contribution in [3.05, 3.63) is 34.6 Å². The highest BCUT2D eigenvalue weighted by atomic mass is 35.5. The minimum Gasteiger partial charge on any atom is -0.271 e. The summed E-state index contributed by atoms with van der Waals surface area (Å²) in [6, 6.07) is 2.84. The number of halogens is 5. The molecule has 0 saturated carbocycles. The number of hydrogen-bond acceptors (Lipinski definition) is 2. The van der Waals surface area contributed by atoms with Gasteiger partial charge in [0, 0.05) is 16.6 Å². The maximum Gasteiger partial charge on any atom is 0.390 e. The van der Waals surface area contributed by atoms with E-state index in [2.05, 4.69) is 0 Å². The van der Waals surface area contributed by atoms with E-state index in [0.717, 1.165) is 6.07 Å². The Kier molecular flexibility index (Phi) is 4.73. The van der Waals surface area contributed by atoms with Gasteiger partial charge in [-0.25, -0.2) is 4.39 Å². The van der Waals surface area contributed by atoms with Gasteiger partial charge in [-0.05, 0) is 18.6 Å². The molecule has 1 aromatic rings. The molecular weight excluding hydrogens is 260 g/mol. The van der Waals surface area contributed by atoms with E-state index >= 15 is 0 Å². The molecule has 2 nitrogen and oxygen atoms in total. The first kappa shape index (κ1) is 14.2. The van der Waals surface area contributed by atoms with Crippen LogP contribution in [-0.2, 0) is 6.42 Å². The number of hydrazine groups is 1. The first-order valence-electron chi connectivity index (χ1n) is 4.79. The maximum atomic E-state index is 13.3. The Morgan fingerprint density at radius 3 is 2.47 bits per heavy atom. The molecule has 0 heterocycles. The van der Waals surface area contributed by atoms with Crippen molar-refractivity contribution >= 4 is 11.6 Å². The number of nitrogens with two attached hydrogens (primary N) is 1. The highest BCUT2D eigenvalue weighted by molar-refractivity contribution is 6.31. The molecule has 0 aliphatic carbocycles. The third-order valence-electron chi connectivity index (χ3n) is 2.23. The summed E-state index contributed by atoms with van der Waals surface area (Å²) in [6.45, 7) is 0. The average molecular weight is 271 g/mol.